The van der Waals surface area contributed by atoms with E-state index in [1.165, 1.54) is 19.2 Å². The second-order valence-corrected chi connectivity index (χ2v) is 4.31. The van der Waals surface area contributed by atoms with Gasteiger partial charge in [-0.25, -0.2) is 0 Å². The number of benzene rings is 1. The fraction of sp³-hybridized carbons (Fsp3) is 0.250. The molecule has 0 fully saturated rings. The summed E-state index contributed by atoms with van der Waals surface area (Å²) in [4.78, 5) is 2.82. The van der Waals surface area contributed by atoms with Gasteiger partial charge in [-0.1, -0.05) is 6.07 Å². The van der Waals surface area contributed by atoms with Gasteiger partial charge >= 0.3 is 6.18 Å². The van der Waals surface area contributed by atoms with Crippen molar-refractivity contribution in [3.05, 3.63) is 46.5 Å². The van der Waals surface area contributed by atoms with E-state index < -0.39 is 11.7 Å². The molecule has 0 aliphatic carbocycles. The molecular formula is C12H11F3N2OS. The lowest BCUT2D eigenvalue weighted by molar-refractivity contribution is -0.138. The molecule has 19 heavy (non-hydrogen) atoms. The van der Waals surface area contributed by atoms with Gasteiger partial charge in [-0.3, -0.25) is 0 Å². The van der Waals surface area contributed by atoms with Crippen LogP contribution in [-0.4, -0.2) is 16.7 Å². The molecule has 0 bridgehead atoms. The van der Waals surface area contributed by atoms with Crippen LogP contribution in [0.5, 0.6) is 5.75 Å². The van der Waals surface area contributed by atoms with Crippen LogP contribution >= 0.6 is 12.2 Å². The normalized spacial score (nSPS) is 11.6. The molecular weight excluding hydrogens is 277 g/mol. The SMILES string of the molecule is COc1cc(Cn2cc[nH]c2=S)ccc1C(F)(F)F. The first-order chi connectivity index (χ1) is 8.91. The number of aromatic amines is 1. The number of nitrogens with zero attached hydrogens (tertiary/aromatic N) is 1. The summed E-state index contributed by atoms with van der Waals surface area (Å²) in [6.45, 7) is 0.386. The minimum atomic E-state index is -4.42. The standard InChI is InChI=1S/C12H11F3N2OS/c1-18-10-6-8(2-3-9(10)12(13,14)15)7-17-5-4-16-11(17)19/h2-6H,7H2,1H3,(H,16,19). The smallest absolute Gasteiger partial charge is 0.419 e. The van der Waals surface area contributed by atoms with Crippen LogP contribution in [0, 0.1) is 4.77 Å². The number of alkyl halides is 3. The molecule has 0 aliphatic heterocycles. The Kier molecular flexibility index (Phi) is 3.66. The van der Waals surface area contributed by atoms with Crippen molar-refractivity contribution in [2.45, 2.75) is 12.7 Å². The maximum Gasteiger partial charge on any atom is 0.419 e. The van der Waals surface area contributed by atoms with Gasteiger partial charge in [-0.2, -0.15) is 13.2 Å². The lowest BCUT2D eigenvalue weighted by Crippen LogP contribution is -2.08. The topological polar surface area (TPSA) is 29.9 Å². The number of hydrogen-bond acceptors (Lipinski definition) is 2. The number of aromatic nitrogens is 2. The van der Waals surface area contributed by atoms with Crippen molar-refractivity contribution in [1.29, 1.82) is 0 Å². The Hall–Kier alpha value is -1.76. The van der Waals surface area contributed by atoms with Crippen molar-refractivity contribution in [3.63, 3.8) is 0 Å². The molecule has 1 heterocycles. The van der Waals surface area contributed by atoms with Crippen molar-refractivity contribution in [2.75, 3.05) is 7.11 Å². The Bertz CT molecular complexity index is 630. The van der Waals surface area contributed by atoms with Crippen molar-refractivity contribution in [3.8, 4) is 5.75 Å². The van der Waals surface area contributed by atoms with E-state index in [0.717, 1.165) is 6.07 Å². The zero-order valence-corrected chi connectivity index (χ0v) is 10.8. The van der Waals surface area contributed by atoms with Crippen LogP contribution in [0.2, 0.25) is 0 Å². The van der Waals surface area contributed by atoms with Gasteiger partial charge in [0.15, 0.2) is 4.77 Å². The second kappa shape index (κ2) is 5.08. The first-order valence-corrected chi connectivity index (χ1v) is 5.80. The minimum absolute atomic E-state index is 0.188. The van der Waals surface area contributed by atoms with Crippen LogP contribution in [0.4, 0.5) is 13.2 Å². The van der Waals surface area contributed by atoms with E-state index in [0.29, 0.717) is 16.9 Å². The first-order valence-electron chi connectivity index (χ1n) is 5.40. The Labute approximate surface area is 112 Å². The van der Waals surface area contributed by atoms with E-state index in [2.05, 4.69) is 4.98 Å². The first kappa shape index (κ1) is 13.7. The van der Waals surface area contributed by atoms with E-state index in [9.17, 15) is 13.2 Å². The number of nitrogens with one attached hydrogen (secondary N) is 1. The predicted molar refractivity (Wildman–Crippen MR) is 66.7 cm³/mol. The van der Waals surface area contributed by atoms with Gasteiger partial charge in [0.2, 0.25) is 0 Å². The van der Waals surface area contributed by atoms with Gasteiger partial charge in [0, 0.05) is 18.9 Å². The summed E-state index contributed by atoms with van der Waals surface area (Å²) in [5.74, 6) is -0.188. The molecule has 3 nitrogen and oxygen atoms in total. The third kappa shape index (κ3) is 2.98. The minimum Gasteiger partial charge on any atom is -0.496 e. The largest absolute Gasteiger partial charge is 0.496 e. The van der Waals surface area contributed by atoms with Crippen LogP contribution < -0.4 is 4.74 Å². The zero-order chi connectivity index (χ0) is 14.0. The van der Waals surface area contributed by atoms with Gasteiger partial charge in [0.25, 0.3) is 0 Å². The molecule has 0 spiro atoms. The fourth-order valence-corrected chi connectivity index (χ4v) is 1.93. The van der Waals surface area contributed by atoms with E-state index in [-0.39, 0.29) is 5.75 Å². The Morgan fingerprint density at radius 1 is 1.37 bits per heavy atom. The molecule has 7 heteroatoms. The molecule has 0 unspecified atom stereocenters. The lowest BCUT2D eigenvalue weighted by atomic mass is 10.1. The van der Waals surface area contributed by atoms with Crippen LogP contribution in [0.15, 0.2) is 30.6 Å². The van der Waals surface area contributed by atoms with Gasteiger partial charge in [0.05, 0.1) is 12.7 Å². The summed E-state index contributed by atoms with van der Waals surface area (Å²) in [6, 6.07) is 3.81. The van der Waals surface area contributed by atoms with E-state index >= 15 is 0 Å². The maximum absolute atomic E-state index is 12.7. The number of H-pyrrole nitrogens is 1. The predicted octanol–water partition coefficient (Wildman–Crippen LogP) is 3.62. The molecule has 0 aliphatic rings. The highest BCUT2D eigenvalue weighted by molar-refractivity contribution is 7.71. The van der Waals surface area contributed by atoms with Crippen molar-refractivity contribution in [1.82, 2.24) is 9.55 Å². The molecule has 102 valence electrons. The van der Waals surface area contributed by atoms with Gasteiger partial charge in [0.1, 0.15) is 5.75 Å². The zero-order valence-electron chi connectivity index (χ0n) is 9.99. The Morgan fingerprint density at radius 2 is 2.11 bits per heavy atom. The third-order valence-corrected chi connectivity index (χ3v) is 3.00. The molecule has 0 saturated heterocycles. The summed E-state index contributed by atoms with van der Waals surface area (Å²) in [5, 5.41) is 0. The summed E-state index contributed by atoms with van der Waals surface area (Å²) in [5.41, 5.74) is -0.100. The van der Waals surface area contributed by atoms with Crippen LogP contribution in [0.1, 0.15) is 11.1 Å². The van der Waals surface area contributed by atoms with Gasteiger partial charge in [-0.15, -0.1) is 0 Å². The molecule has 0 atom stereocenters. The molecule has 0 amide bonds. The molecule has 0 radical (unpaired) electrons. The molecule has 2 aromatic rings. The highest BCUT2D eigenvalue weighted by Crippen LogP contribution is 2.36. The van der Waals surface area contributed by atoms with Crippen LogP contribution in [0.3, 0.4) is 0 Å². The van der Waals surface area contributed by atoms with E-state index in [1.807, 2.05) is 0 Å². The molecule has 1 aromatic carbocycles. The number of hydrogen-bond donors (Lipinski definition) is 1. The number of imidazole rings is 1. The van der Waals surface area contributed by atoms with Gasteiger partial charge in [-0.05, 0) is 29.9 Å². The monoisotopic (exact) mass is 288 g/mol. The molecule has 1 aromatic heterocycles. The second-order valence-electron chi connectivity index (χ2n) is 3.93. The highest BCUT2D eigenvalue weighted by atomic mass is 32.1. The maximum atomic E-state index is 12.7. The van der Waals surface area contributed by atoms with Crippen molar-refractivity contribution >= 4 is 12.2 Å². The lowest BCUT2D eigenvalue weighted by Gasteiger charge is -2.13. The number of rotatable bonds is 3. The van der Waals surface area contributed by atoms with Crippen LogP contribution in [0.25, 0.3) is 0 Å². The third-order valence-electron chi connectivity index (χ3n) is 2.65. The van der Waals surface area contributed by atoms with Crippen molar-refractivity contribution < 1.29 is 17.9 Å². The molecule has 2 rings (SSSR count). The molecule has 1 N–H and O–H groups in total. The van der Waals surface area contributed by atoms with Gasteiger partial charge < -0.3 is 14.3 Å². The summed E-state index contributed by atoms with van der Waals surface area (Å²) < 4.78 is 45.1. The Morgan fingerprint density at radius 3 is 2.63 bits per heavy atom. The average molecular weight is 288 g/mol. The summed E-state index contributed by atoms with van der Waals surface area (Å²) in [7, 11) is 1.22. The molecule has 0 saturated carbocycles. The number of ether oxygens (including phenoxy) is 1. The fourth-order valence-electron chi connectivity index (χ4n) is 1.74. The average Bonchev–Trinajstić information content (AvgIpc) is 2.73. The van der Waals surface area contributed by atoms with Crippen LogP contribution in [-0.2, 0) is 12.7 Å². The Balaban J connectivity index is 2.35. The number of methoxy groups -OCH3 is 1. The van der Waals surface area contributed by atoms with E-state index in [4.69, 9.17) is 17.0 Å². The van der Waals surface area contributed by atoms with E-state index in [1.54, 1.807) is 17.0 Å². The summed E-state index contributed by atoms with van der Waals surface area (Å²) in [6.07, 6.45) is -1.02. The highest BCUT2D eigenvalue weighted by Gasteiger charge is 2.34. The van der Waals surface area contributed by atoms with Crippen molar-refractivity contribution in [2.24, 2.45) is 0 Å². The quantitative estimate of drug-likeness (QED) is 0.874. The summed E-state index contributed by atoms with van der Waals surface area (Å²) >= 11 is 5.03. The number of halogens is 3.